The SMILES string of the molecule is Cc1noc(CSCC(=O)N[C@@H](C)c2ncc(C)[nH]2)n1. The van der Waals surface area contributed by atoms with Gasteiger partial charge in [0.05, 0.1) is 17.5 Å². The molecule has 2 aromatic rings. The number of aromatic amines is 1. The number of rotatable bonds is 6. The highest BCUT2D eigenvalue weighted by molar-refractivity contribution is 7.99. The van der Waals surface area contributed by atoms with Gasteiger partial charge in [0.25, 0.3) is 0 Å². The molecule has 0 aliphatic rings. The Labute approximate surface area is 120 Å². The van der Waals surface area contributed by atoms with Gasteiger partial charge in [-0.3, -0.25) is 4.79 Å². The molecule has 2 N–H and O–H groups in total. The minimum absolute atomic E-state index is 0.0483. The fourth-order valence-electron chi connectivity index (χ4n) is 1.63. The van der Waals surface area contributed by atoms with Gasteiger partial charge in [-0.25, -0.2) is 4.98 Å². The van der Waals surface area contributed by atoms with Gasteiger partial charge in [-0.05, 0) is 20.8 Å². The summed E-state index contributed by atoms with van der Waals surface area (Å²) >= 11 is 1.43. The molecular formula is C12H17N5O2S. The van der Waals surface area contributed by atoms with Crippen molar-refractivity contribution < 1.29 is 9.32 Å². The number of amides is 1. The van der Waals surface area contributed by atoms with Gasteiger partial charge in [0.2, 0.25) is 11.8 Å². The van der Waals surface area contributed by atoms with Crippen molar-refractivity contribution in [2.75, 3.05) is 5.75 Å². The van der Waals surface area contributed by atoms with Crippen molar-refractivity contribution in [2.45, 2.75) is 32.6 Å². The Morgan fingerprint density at radius 1 is 1.55 bits per heavy atom. The van der Waals surface area contributed by atoms with Crippen LogP contribution in [0.2, 0.25) is 0 Å². The summed E-state index contributed by atoms with van der Waals surface area (Å²) in [7, 11) is 0. The number of aromatic nitrogens is 4. The van der Waals surface area contributed by atoms with Gasteiger partial charge >= 0.3 is 0 Å². The van der Waals surface area contributed by atoms with Crippen LogP contribution in [0.5, 0.6) is 0 Å². The Hall–Kier alpha value is -1.83. The van der Waals surface area contributed by atoms with E-state index in [0.29, 0.717) is 23.2 Å². The maximum Gasteiger partial charge on any atom is 0.236 e. The number of carbonyl (C=O) groups excluding carboxylic acids is 1. The molecule has 1 atom stereocenters. The van der Waals surface area contributed by atoms with E-state index in [1.54, 1.807) is 13.1 Å². The van der Waals surface area contributed by atoms with Crippen molar-refractivity contribution in [3.8, 4) is 0 Å². The monoisotopic (exact) mass is 295 g/mol. The second-order valence-electron chi connectivity index (χ2n) is 4.47. The van der Waals surface area contributed by atoms with Gasteiger partial charge in [-0.15, -0.1) is 11.8 Å². The highest BCUT2D eigenvalue weighted by atomic mass is 32.2. The molecule has 0 bridgehead atoms. The number of hydrogen-bond acceptors (Lipinski definition) is 6. The van der Waals surface area contributed by atoms with Gasteiger partial charge in [0, 0.05) is 11.9 Å². The lowest BCUT2D eigenvalue weighted by Gasteiger charge is -2.10. The van der Waals surface area contributed by atoms with Crippen LogP contribution in [0.3, 0.4) is 0 Å². The first-order valence-corrected chi connectivity index (χ1v) is 7.38. The summed E-state index contributed by atoms with van der Waals surface area (Å²) in [5.41, 5.74) is 0.974. The molecule has 0 saturated heterocycles. The van der Waals surface area contributed by atoms with E-state index in [1.165, 1.54) is 11.8 Å². The number of imidazole rings is 1. The average molecular weight is 295 g/mol. The number of H-pyrrole nitrogens is 1. The molecule has 0 saturated carbocycles. The average Bonchev–Trinajstić information content (AvgIpc) is 2.98. The Bertz CT molecular complexity index is 580. The number of nitrogens with zero attached hydrogens (tertiary/aromatic N) is 3. The van der Waals surface area contributed by atoms with E-state index in [2.05, 4.69) is 25.4 Å². The first-order chi connectivity index (χ1) is 9.54. The fraction of sp³-hybridized carbons (Fsp3) is 0.500. The van der Waals surface area contributed by atoms with Crippen molar-refractivity contribution in [1.82, 2.24) is 25.4 Å². The molecule has 8 heteroatoms. The zero-order valence-electron chi connectivity index (χ0n) is 11.6. The van der Waals surface area contributed by atoms with E-state index >= 15 is 0 Å². The second-order valence-corrected chi connectivity index (χ2v) is 5.45. The van der Waals surface area contributed by atoms with E-state index in [-0.39, 0.29) is 11.9 Å². The summed E-state index contributed by atoms with van der Waals surface area (Å²) in [5, 5.41) is 6.57. The summed E-state index contributed by atoms with van der Waals surface area (Å²) in [6, 6.07) is -0.137. The third kappa shape index (κ3) is 4.09. The highest BCUT2D eigenvalue weighted by Gasteiger charge is 2.12. The number of nitrogens with one attached hydrogen (secondary N) is 2. The molecule has 108 valence electrons. The van der Waals surface area contributed by atoms with Crippen molar-refractivity contribution in [3.63, 3.8) is 0 Å². The van der Waals surface area contributed by atoms with Crippen molar-refractivity contribution in [2.24, 2.45) is 0 Å². The van der Waals surface area contributed by atoms with Crippen LogP contribution in [0, 0.1) is 13.8 Å². The highest BCUT2D eigenvalue weighted by Crippen LogP contribution is 2.11. The third-order valence-corrected chi connectivity index (χ3v) is 3.46. The van der Waals surface area contributed by atoms with E-state index in [9.17, 15) is 4.79 Å². The molecule has 2 aromatic heterocycles. The second kappa shape index (κ2) is 6.56. The first kappa shape index (κ1) is 14.6. The summed E-state index contributed by atoms with van der Waals surface area (Å²) < 4.78 is 4.97. The minimum atomic E-state index is -0.137. The zero-order chi connectivity index (χ0) is 14.5. The lowest BCUT2D eigenvalue weighted by Crippen LogP contribution is -2.28. The Kier molecular flexibility index (Phi) is 4.78. The molecule has 0 unspecified atom stereocenters. The largest absolute Gasteiger partial charge is 0.346 e. The lowest BCUT2D eigenvalue weighted by molar-refractivity contribution is -0.119. The van der Waals surface area contributed by atoms with Crippen LogP contribution in [0.25, 0.3) is 0 Å². The maximum atomic E-state index is 11.8. The predicted octanol–water partition coefficient (Wildman–Crippen LogP) is 1.52. The van der Waals surface area contributed by atoms with Gasteiger partial charge in [-0.1, -0.05) is 5.16 Å². The Morgan fingerprint density at radius 2 is 2.35 bits per heavy atom. The zero-order valence-corrected chi connectivity index (χ0v) is 12.5. The number of thioether (sulfide) groups is 1. The number of carbonyl (C=O) groups is 1. The first-order valence-electron chi connectivity index (χ1n) is 6.22. The minimum Gasteiger partial charge on any atom is -0.346 e. The normalized spacial score (nSPS) is 12.3. The van der Waals surface area contributed by atoms with E-state index < -0.39 is 0 Å². The molecule has 7 nitrogen and oxygen atoms in total. The smallest absolute Gasteiger partial charge is 0.236 e. The third-order valence-electron chi connectivity index (χ3n) is 2.54. The maximum absolute atomic E-state index is 11.8. The number of aryl methyl sites for hydroxylation is 2. The summed E-state index contributed by atoms with van der Waals surface area (Å²) in [6.45, 7) is 5.58. The van der Waals surface area contributed by atoms with Gasteiger partial charge < -0.3 is 14.8 Å². The van der Waals surface area contributed by atoms with Gasteiger partial charge in [0.1, 0.15) is 5.82 Å². The molecule has 0 aromatic carbocycles. The standard InChI is InChI=1S/C12H17N5O2S/c1-7-4-13-12(14-7)8(2)15-10(18)5-20-6-11-16-9(3)17-19-11/h4,8H,5-6H2,1-3H3,(H,13,14)(H,15,18)/t8-/m0/s1. The van der Waals surface area contributed by atoms with Crippen molar-refractivity contribution in [3.05, 3.63) is 29.4 Å². The van der Waals surface area contributed by atoms with Gasteiger partial charge in [-0.2, -0.15) is 4.98 Å². The van der Waals surface area contributed by atoms with Crippen LogP contribution in [-0.2, 0) is 10.5 Å². The number of hydrogen-bond donors (Lipinski definition) is 2. The molecule has 0 aliphatic heterocycles. The summed E-state index contributed by atoms with van der Waals surface area (Å²) in [6.07, 6.45) is 1.74. The molecule has 0 fully saturated rings. The molecule has 1 amide bonds. The van der Waals surface area contributed by atoms with Crippen molar-refractivity contribution in [1.29, 1.82) is 0 Å². The fourth-order valence-corrected chi connectivity index (χ4v) is 2.30. The summed E-state index contributed by atoms with van der Waals surface area (Å²) in [5.74, 6) is 2.72. The van der Waals surface area contributed by atoms with Crippen LogP contribution in [-0.4, -0.2) is 31.8 Å². The lowest BCUT2D eigenvalue weighted by atomic mass is 10.3. The van der Waals surface area contributed by atoms with E-state index in [4.69, 9.17) is 4.52 Å². The van der Waals surface area contributed by atoms with Crippen LogP contribution in [0.1, 0.15) is 36.2 Å². The molecule has 20 heavy (non-hydrogen) atoms. The molecule has 2 heterocycles. The molecule has 0 spiro atoms. The van der Waals surface area contributed by atoms with Crippen LogP contribution >= 0.6 is 11.8 Å². The quantitative estimate of drug-likeness (QED) is 0.838. The predicted molar refractivity (Wildman–Crippen MR) is 75.1 cm³/mol. The van der Waals surface area contributed by atoms with E-state index in [1.807, 2.05) is 13.8 Å². The van der Waals surface area contributed by atoms with E-state index in [0.717, 1.165) is 11.5 Å². The topological polar surface area (TPSA) is 96.7 Å². The molecule has 2 rings (SSSR count). The summed E-state index contributed by atoms with van der Waals surface area (Å²) in [4.78, 5) is 23.2. The van der Waals surface area contributed by atoms with Gasteiger partial charge in [0.15, 0.2) is 5.82 Å². The Morgan fingerprint density at radius 3 is 2.95 bits per heavy atom. The van der Waals surface area contributed by atoms with Crippen molar-refractivity contribution >= 4 is 17.7 Å². The molecular weight excluding hydrogens is 278 g/mol. The molecule has 0 aliphatic carbocycles. The van der Waals surface area contributed by atoms with Crippen LogP contribution in [0.4, 0.5) is 0 Å². The van der Waals surface area contributed by atoms with Crippen LogP contribution < -0.4 is 5.32 Å². The molecule has 0 radical (unpaired) electrons. The van der Waals surface area contributed by atoms with Crippen LogP contribution in [0.15, 0.2) is 10.7 Å². The Balaban J connectivity index is 1.72.